The Morgan fingerprint density at radius 1 is 1.19 bits per heavy atom. The predicted molar refractivity (Wildman–Crippen MR) is 57.8 cm³/mol. The summed E-state index contributed by atoms with van der Waals surface area (Å²) in [7, 11) is 0. The van der Waals surface area contributed by atoms with E-state index in [1.807, 2.05) is 6.07 Å². The van der Waals surface area contributed by atoms with Crippen LogP contribution in [0.25, 0.3) is 22.0 Å². The summed E-state index contributed by atoms with van der Waals surface area (Å²) in [6, 6.07) is 5.27. The zero-order valence-corrected chi connectivity index (χ0v) is 8.18. The van der Waals surface area contributed by atoms with Crippen molar-refractivity contribution in [2.75, 3.05) is 0 Å². The molecule has 0 bridgehead atoms. The molecule has 5 nitrogen and oxygen atoms in total. The van der Waals surface area contributed by atoms with E-state index in [0.717, 1.165) is 16.4 Å². The van der Waals surface area contributed by atoms with Crippen LogP contribution in [0.5, 0.6) is 0 Å². The molecule has 0 atom stereocenters. The molecule has 16 heavy (non-hydrogen) atoms. The molecular formula is C11H7N3O2. The van der Waals surface area contributed by atoms with Crippen molar-refractivity contribution in [2.24, 2.45) is 5.73 Å². The minimum Gasteiger partial charge on any atom is -0.463 e. The topological polar surface area (TPSA) is 82.0 Å². The number of amides is 1. The second-order valence-electron chi connectivity index (χ2n) is 3.45. The van der Waals surface area contributed by atoms with Crippen LogP contribution in [0.4, 0.5) is 0 Å². The van der Waals surface area contributed by atoms with Crippen LogP contribution in [0.3, 0.4) is 0 Å². The molecule has 0 saturated heterocycles. The lowest BCUT2D eigenvalue weighted by Crippen LogP contribution is -2.10. The number of aromatic nitrogens is 2. The Kier molecular flexibility index (Phi) is 1.67. The standard InChI is InChI=1S/C11H7N3O2/c12-11(15)7-1-6-2-8-9(14-5-13-8)3-10(6)16-4-7/h1-5H,(H2,12,15). The highest BCUT2D eigenvalue weighted by Gasteiger charge is 2.06. The highest BCUT2D eigenvalue weighted by atomic mass is 16.3. The molecule has 78 valence electrons. The summed E-state index contributed by atoms with van der Waals surface area (Å²) in [5, 5.41) is 0.782. The Morgan fingerprint density at radius 2 is 1.94 bits per heavy atom. The smallest absolute Gasteiger partial charge is 0.251 e. The van der Waals surface area contributed by atoms with Crippen LogP contribution in [0.2, 0.25) is 0 Å². The molecule has 2 heterocycles. The van der Waals surface area contributed by atoms with Crippen molar-refractivity contribution in [1.82, 2.24) is 9.97 Å². The lowest BCUT2D eigenvalue weighted by Gasteiger charge is -1.99. The van der Waals surface area contributed by atoms with Gasteiger partial charge in [-0.1, -0.05) is 0 Å². The number of benzene rings is 1. The summed E-state index contributed by atoms with van der Waals surface area (Å²) in [5.74, 6) is -0.515. The summed E-state index contributed by atoms with van der Waals surface area (Å²) in [4.78, 5) is 19.1. The van der Waals surface area contributed by atoms with E-state index in [1.54, 1.807) is 12.1 Å². The third-order valence-electron chi connectivity index (χ3n) is 2.41. The highest BCUT2D eigenvalue weighted by Crippen LogP contribution is 2.21. The van der Waals surface area contributed by atoms with Gasteiger partial charge in [0.1, 0.15) is 18.2 Å². The molecule has 0 saturated carbocycles. The molecule has 3 rings (SSSR count). The van der Waals surface area contributed by atoms with E-state index < -0.39 is 5.91 Å². The molecule has 5 heteroatoms. The van der Waals surface area contributed by atoms with Gasteiger partial charge in [0, 0.05) is 11.5 Å². The maximum atomic E-state index is 11.0. The molecule has 1 aromatic carbocycles. The van der Waals surface area contributed by atoms with Crippen molar-refractivity contribution in [3.8, 4) is 0 Å². The van der Waals surface area contributed by atoms with Gasteiger partial charge in [0.2, 0.25) is 0 Å². The number of rotatable bonds is 1. The van der Waals surface area contributed by atoms with Gasteiger partial charge in [-0.25, -0.2) is 9.97 Å². The summed E-state index contributed by atoms with van der Waals surface area (Å²) < 4.78 is 5.31. The quantitative estimate of drug-likeness (QED) is 0.663. The van der Waals surface area contributed by atoms with Gasteiger partial charge in [-0.2, -0.15) is 0 Å². The molecule has 3 aromatic rings. The van der Waals surface area contributed by atoms with Gasteiger partial charge < -0.3 is 10.2 Å². The normalized spacial score (nSPS) is 11.0. The number of nitrogens with zero attached hydrogens (tertiary/aromatic N) is 2. The number of nitrogens with two attached hydrogens (primary N) is 1. The Morgan fingerprint density at radius 3 is 2.69 bits per heavy atom. The van der Waals surface area contributed by atoms with Gasteiger partial charge in [-0.3, -0.25) is 4.79 Å². The maximum absolute atomic E-state index is 11.0. The van der Waals surface area contributed by atoms with Gasteiger partial charge in [0.05, 0.1) is 16.6 Å². The molecule has 0 aliphatic rings. The Hall–Kier alpha value is -2.43. The number of imidazole rings is 1. The van der Waals surface area contributed by atoms with Gasteiger partial charge in [-0.15, -0.1) is 0 Å². The summed E-state index contributed by atoms with van der Waals surface area (Å²) in [6.45, 7) is 0. The second kappa shape index (κ2) is 3.03. The minimum atomic E-state index is -0.515. The van der Waals surface area contributed by atoms with Gasteiger partial charge in [0.15, 0.2) is 0 Å². The Labute approximate surface area is 89.9 Å². The van der Waals surface area contributed by atoms with Crippen LogP contribution >= 0.6 is 0 Å². The third-order valence-corrected chi connectivity index (χ3v) is 2.41. The van der Waals surface area contributed by atoms with E-state index >= 15 is 0 Å². The van der Waals surface area contributed by atoms with Crippen molar-refractivity contribution in [1.29, 1.82) is 0 Å². The van der Waals surface area contributed by atoms with E-state index in [0.29, 0.717) is 11.1 Å². The van der Waals surface area contributed by atoms with Gasteiger partial charge >= 0.3 is 0 Å². The Bertz CT molecular complexity index is 703. The van der Waals surface area contributed by atoms with E-state index in [1.165, 1.54) is 12.6 Å². The van der Waals surface area contributed by atoms with Gasteiger partial charge in [-0.05, 0) is 12.1 Å². The van der Waals surface area contributed by atoms with Crippen molar-refractivity contribution >= 4 is 27.9 Å². The zero-order valence-electron chi connectivity index (χ0n) is 8.18. The first-order chi connectivity index (χ1) is 7.74. The zero-order chi connectivity index (χ0) is 11.1. The minimum absolute atomic E-state index is 0.339. The first kappa shape index (κ1) is 8.84. The van der Waals surface area contributed by atoms with Gasteiger partial charge in [0.25, 0.3) is 5.91 Å². The average molecular weight is 213 g/mol. The number of hydrogen-bond acceptors (Lipinski definition) is 4. The molecule has 0 aliphatic heterocycles. The lowest BCUT2D eigenvalue weighted by molar-refractivity contribution is 0.0998. The summed E-state index contributed by atoms with van der Waals surface area (Å²) in [5.41, 5.74) is 7.70. The van der Waals surface area contributed by atoms with Crippen LogP contribution in [-0.2, 0) is 0 Å². The Balaban J connectivity index is 2.37. The van der Waals surface area contributed by atoms with E-state index in [2.05, 4.69) is 9.97 Å². The van der Waals surface area contributed by atoms with Crippen LogP contribution in [0, 0.1) is 0 Å². The third kappa shape index (κ3) is 1.22. The summed E-state index contributed by atoms with van der Waals surface area (Å²) in [6.07, 6.45) is 2.82. The molecule has 1 amide bonds. The predicted octanol–water partition coefficient (Wildman–Crippen LogP) is 1.47. The lowest BCUT2D eigenvalue weighted by atomic mass is 10.1. The summed E-state index contributed by atoms with van der Waals surface area (Å²) >= 11 is 0. The molecule has 0 aliphatic carbocycles. The number of carbonyl (C=O) groups excluding carboxylic acids is 1. The SMILES string of the molecule is NC(=O)c1coc2cc3ncnc3cc2c1. The van der Waals surface area contributed by atoms with Crippen molar-refractivity contribution in [3.05, 3.63) is 36.4 Å². The van der Waals surface area contributed by atoms with Crippen LogP contribution < -0.4 is 5.73 Å². The van der Waals surface area contributed by atoms with Crippen molar-refractivity contribution in [2.45, 2.75) is 0 Å². The monoisotopic (exact) mass is 213 g/mol. The van der Waals surface area contributed by atoms with Crippen LogP contribution in [0.15, 0.2) is 35.2 Å². The first-order valence-electron chi connectivity index (χ1n) is 4.67. The average Bonchev–Trinajstić information content (AvgIpc) is 2.71. The second-order valence-corrected chi connectivity index (χ2v) is 3.45. The molecule has 0 fully saturated rings. The van der Waals surface area contributed by atoms with Crippen molar-refractivity contribution < 1.29 is 9.21 Å². The molecular weight excluding hydrogens is 206 g/mol. The first-order valence-corrected chi connectivity index (χ1v) is 4.67. The number of hydrogen-bond donors (Lipinski definition) is 1. The number of fused-ring (bicyclic) bond motifs is 2. The number of primary amides is 1. The fourth-order valence-corrected chi connectivity index (χ4v) is 1.61. The van der Waals surface area contributed by atoms with Crippen molar-refractivity contribution in [3.63, 3.8) is 0 Å². The maximum Gasteiger partial charge on any atom is 0.251 e. The fraction of sp³-hybridized carbons (Fsp3) is 0. The van der Waals surface area contributed by atoms with Crippen LogP contribution in [0.1, 0.15) is 10.4 Å². The van der Waals surface area contributed by atoms with E-state index in [4.69, 9.17) is 10.2 Å². The highest BCUT2D eigenvalue weighted by molar-refractivity contribution is 5.98. The largest absolute Gasteiger partial charge is 0.463 e. The molecule has 0 spiro atoms. The number of carbonyl (C=O) groups is 1. The van der Waals surface area contributed by atoms with Crippen LogP contribution in [-0.4, -0.2) is 15.9 Å². The molecule has 0 radical (unpaired) electrons. The molecule has 2 N–H and O–H groups in total. The fourth-order valence-electron chi connectivity index (χ4n) is 1.61. The molecule has 2 aromatic heterocycles. The molecule has 0 unspecified atom stereocenters. The van der Waals surface area contributed by atoms with E-state index in [-0.39, 0.29) is 0 Å². The van der Waals surface area contributed by atoms with E-state index in [9.17, 15) is 4.79 Å².